The van der Waals surface area contributed by atoms with Gasteiger partial charge in [-0.15, -0.1) is 0 Å². The van der Waals surface area contributed by atoms with Gasteiger partial charge in [0, 0.05) is 17.7 Å². The summed E-state index contributed by atoms with van der Waals surface area (Å²) in [5.41, 5.74) is 5.70. The predicted octanol–water partition coefficient (Wildman–Crippen LogP) is 3.71. The first-order chi connectivity index (χ1) is 10.4. The molecule has 0 spiro atoms. The molecule has 1 aromatic carbocycles. The highest BCUT2D eigenvalue weighted by Crippen LogP contribution is 2.32. The number of alkyl halides is 3. The lowest BCUT2D eigenvalue weighted by atomic mass is 9.93. The zero-order valence-corrected chi connectivity index (χ0v) is 11.7. The van der Waals surface area contributed by atoms with Gasteiger partial charge in [-0.25, -0.2) is 4.98 Å². The number of nitrogens with zero attached hydrogens (tertiary/aromatic N) is 2. The smallest absolute Gasteiger partial charge is 0.368 e. The Morgan fingerprint density at radius 2 is 1.91 bits per heavy atom. The molecule has 0 amide bonds. The fourth-order valence-corrected chi connectivity index (χ4v) is 2.30. The van der Waals surface area contributed by atoms with E-state index in [9.17, 15) is 13.2 Å². The molecule has 3 rings (SSSR count). The zero-order chi connectivity index (χ0) is 15.7. The Morgan fingerprint density at radius 3 is 2.55 bits per heavy atom. The van der Waals surface area contributed by atoms with E-state index in [-0.39, 0.29) is 5.95 Å². The van der Waals surface area contributed by atoms with Crippen LogP contribution in [0.4, 0.5) is 24.9 Å². The number of anilines is 2. The van der Waals surface area contributed by atoms with Crippen LogP contribution < -0.4 is 11.1 Å². The van der Waals surface area contributed by atoms with Gasteiger partial charge in [-0.1, -0.05) is 12.1 Å². The van der Waals surface area contributed by atoms with Crippen molar-refractivity contribution in [3.8, 4) is 11.3 Å². The topological polar surface area (TPSA) is 63.8 Å². The molecule has 1 aliphatic rings. The monoisotopic (exact) mass is 308 g/mol. The van der Waals surface area contributed by atoms with Crippen molar-refractivity contribution in [1.29, 1.82) is 0 Å². The summed E-state index contributed by atoms with van der Waals surface area (Å²) in [6, 6.07) is 7.00. The van der Waals surface area contributed by atoms with E-state index in [1.54, 1.807) is 12.1 Å². The molecule has 0 aliphatic heterocycles. The molecule has 0 unspecified atom stereocenters. The quantitative estimate of drug-likeness (QED) is 0.907. The van der Waals surface area contributed by atoms with Crippen molar-refractivity contribution < 1.29 is 13.2 Å². The van der Waals surface area contributed by atoms with Gasteiger partial charge in [0.2, 0.25) is 5.95 Å². The number of rotatable bonds is 3. The van der Waals surface area contributed by atoms with Crippen LogP contribution in [-0.4, -0.2) is 16.0 Å². The SMILES string of the molecule is Nc1nc(NC2CCC2)cc(-c2cccc(C(F)(F)F)c2)n1. The van der Waals surface area contributed by atoms with Gasteiger partial charge in [0.25, 0.3) is 0 Å². The first-order valence-electron chi connectivity index (χ1n) is 7.00. The maximum atomic E-state index is 12.8. The summed E-state index contributed by atoms with van der Waals surface area (Å²) >= 11 is 0. The summed E-state index contributed by atoms with van der Waals surface area (Å²) in [7, 11) is 0. The highest BCUT2D eigenvalue weighted by atomic mass is 19.4. The van der Waals surface area contributed by atoms with Crippen LogP contribution in [0.2, 0.25) is 0 Å². The Kier molecular flexibility index (Phi) is 3.64. The lowest BCUT2D eigenvalue weighted by molar-refractivity contribution is -0.137. The van der Waals surface area contributed by atoms with Crippen LogP contribution in [0.5, 0.6) is 0 Å². The lowest BCUT2D eigenvalue weighted by Gasteiger charge is -2.27. The molecule has 0 radical (unpaired) electrons. The summed E-state index contributed by atoms with van der Waals surface area (Å²) in [5.74, 6) is 0.585. The second-order valence-corrected chi connectivity index (χ2v) is 5.35. The largest absolute Gasteiger partial charge is 0.416 e. The molecule has 0 atom stereocenters. The fourth-order valence-electron chi connectivity index (χ4n) is 2.30. The minimum atomic E-state index is -4.39. The number of nitrogens with two attached hydrogens (primary N) is 1. The van der Waals surface area contributed by atoms with E-state index < -0.39 is 11.7 Å². The first kappa shape index (κ1) is 14.6. The van der Waals surface area contributed by atoms with Crippen LogP contribution >= 0.6 is 0 Å². The van der Waals surface area contributed by atoms with Gasteiger partial charge in [0.05, 0.1) is 11.3 Å². The summed E-state index contributed by atoms with van der Waals surface area (Å²) in [6.45, 7) is 0. The Labute approximate surface area is 125 Å². The maximum Gasteiger partial charge on any atom is 0.416 e. The number of hydrogen-bond acceptors (Lipinski definition) is 4. The summed E-state index contributed by atoms with van der Waals surface area (Å²) < 4.78 is 38.4. The van der Waals surface area contributed by atoms with Gasteiger partial charge in [-0.05, 0) is 31.4 Å². The highest BCUT2D eigenvalue weighted by Gasteiger charge is 2.30. The second-order valence-electron chi connectivity index (χ2n) is 5.35. The van der Waals surface area contributed by atoms with Crippen LogP contribution in [0.1, 0.15) is 24.8 Å². The van der Waals surface area contributed by atoms with Crippen LogP contribution in [0.15, 0.2) is 30.3 Å². The van der Waals surface area contributed by atoms with Crippen LogP contribution in [0.3, 0.4) is 0 Å². The molecular weight excluding hydrogens is 293 g/mol. The van der Waals surface area contributed by atoms with Crippen molar-refractivity contribution in [2.45, 2.75) is 31.5 Å². The minimum Gasteiger partial charge on any atom is -0.368 e. The molecule has 3 N–H and O–H groups in total. The number of nitrogen functional groups attached to an aromatic ring is 1. The van der Waals surface area contributed by atoms with Crippen molar-refractivity contribution in [1.82, 2.24) is 9.97 Å². The van der Waals surface area contributed by atoms with Crippen LogP contribution in [0, 0.1) is 0 Å². The van der Waals surface area contributed by atoms with Gasteiger partial charge in [-0.2, -0.15) is 18.2 Å². The predicted molar refractivity (Wildman–Crippen MR) is 78.1 cm³/mol. The van der Waals surface area contributed by atoms with Gasteiger partial charge in [-0.3, -0.25) is 0 Å². The maximum absolute atomic E-state index is 12.8. The Bertz CT molecular complexity index is 681. The molecule has 0 saturated heterocycles. The first-order valence-corrected chi connectivity index (χ1v) is 7.00. The van der Waals surface area contributed by atoms with Crippen molar-refractivity contribution in [2.75, 3.05) is 11.1 Å². The third kappa shape index (κ3) is 3.13. The molecule has 1 fully saturated rings. The molecular formula is C15H15F3N4. The van der Waals surface area contributed by atoms with Gasteiger partial charge in [0.15, 0.2) is 0 Å². The summed E-state index contributed by atoms with van der Waals surface area (Å²) in [5, 5.41) is 3.22. The van der Waals surface area contributed by atoms with E-state index in [1.165, 1.54) is 12.5 Å². The molecule has 1 aromatic heterocycles. The number of aromatic nitrogens is 2. The van der Waals surface area contributed by atoms with Gasteiger partial charge < -0.3 is 11.1 Å². The summed E-state index contributed by atoms with van der Waals surface area (Å²) in [6.07, 6.45) is -1.11. The van der Waals surface area contributed by atoms with E-state index >= 15 is 0 Å². The molecule has 7 heteroatoms. The number of halogens is 3. The molecule has 1 saturated carbocycles. The third-order valence-corrected chi connectivity index (χ3v) is 3.69. The van der Waals surface area contributed by atoms with Crippen molar-refractivity contribution in [2.24, 2.45) is 0 Å². The van der Waals surface area contributed by atoms with Crippen molar-refractivity contribution in [3.05, 3.63) is 35.9 Å². The third-order valence-electron chi connectivity index (χ3n) is 3.69. The molecule has 1 aliphatic carbocycles. The molecule has 116 valence electrons. The standard InChI is InChI=1S/C15H15F3N4/c16-15(17,18)10-4-1-3-9(7-10)12-8-13(22-14(19)21-12)20-11-5-2-6-11/h1,3-4,7-8,11H,2,5-6H2,(H3,19,20,21,22). The normalized spacial score (nSPS) is 15.4. The number of benzene rings is 1. The van der Waals surface area contributed by atoms with Crippen LogP contribution in [-0.2, 0) is 6.18 Å². The fraction of sp³-hybridized carbons (Fsp3) is 0.333. The van der Waals surface area contributed by atoms with Gasteiger partial charge >= 0.3 is 6.18 Å². The van der Waals surface area contributed by atoms with E-state index in [2.05, 4.69) is 15.3 Å². The molecule has 4 nitrogen and oxygen atoms in total. The Morgan fingerprint density at radius 1 is 1.14 bits per heavy atom. The number of nitrogens with one attached hydrogen (secondary N) is 1. The lowest BCUT2D eigenvalue weighted by Crippen LogP contribution is -2.27. The van der Waals surface area contributed by atoms with Crippen molar-refractivity contribution >= 4 is 11.8 Å². The average Bonchev–Trinajstić information content (AvgIpc) is 2.42. The van der Waals surface area contributed by atoms with Crippen molar-refractivity contribution in [3.63, 3.8) is 0 Å². The van der Waals surface area contributed by atoms with Gasteiger partial charge in [0.1, 0.15) is 5.82 Å². The molecule has 22 heavy (non-hydrogen) atoms. The molecule has 2 aromatic rings. The minimum absolute atomic E-state index is 0.0386. The number of hydrogen-bond donors (Lipinski definition) is 2. The second kappa shape index (κ2) is 5.47. The molecule has 1 heterocycles. The Hall–Kier alpha value is -2.31. The summed E-state index contributed by atoms with van der Waals surface area (Å²) in [4.78, 5) is 8.12. The Balaban J connectivity index is 1.93. The van der Waals surface area contributed by atoms with E-state index in [1.807, 2.05) is 0 Å². The zero-order valence-electron chi connectivity index (χ0n) is 11.7. The van der Waals surface area contributed by atoms with E-state index in [0.717, 1.165) is 25.0 Å². The molecule has 0 bridgehead atoms. The average molecular weight is 308 g/mol. The van der Waals surface area contributed by atoms with E-state index in [4.69, 9.17) is 5.73 Å². The van der Waals surface area contributed by atoms with Crippen LogP contribution in [0.25, 0.3) is 11.3 Å². The highest BCUT2D eigenvalue weighted by molar-refractivity contribution is 5.65. The van der Waals surface area contributed by atoms with E-state index in [0.29, 0.717) is 23.1 Å².